The highest BCUT2D eigenvalue weighted by Gasteiger charge is 2.31. The van der Waals surface area contributed by atoms with Crippen LogP contribution in [0.15, 0.2) is 48.5 Å². The molecule has 0 bridgehead atoms. The van der Waals surface area contributed by atoms with Crippen LogP contribution in [0.25, 0.3) is 0 Å². The van der Waals surface area contributed by atoms with Crippen molar-refractivity contribution in [2.75, 3.05) is 19.7 Å². The third-order valence-electron chi connectivity index (χ3n) is 4.62. The monoisotopic (exact) mass is 393 g/mol. The number of nitrogens with zero attached hydrogens (tertiary/aromatic N) is 1. The van der Waals surface area contributed by atoms with Crippen molar-refractivity contribution in [2.24, 2.45) is 0 Å². The average Bonchev–Trinajstić information content (AvgIpc) is 2.68. The smallest absolute Gasteiger partial charge is 0.416 e. The molecule has 0 aromatic heterocycles. The Bertz CT molecular complexity index is 864. The van der Waals surface area contributed by atoms with Gasteiger partial charge in [0.15, 0.2) is 0 Å². The molecule has 1 unspecified atom stereocenters. The first-order valence-electron chi connectivity index (χ1n) is 8.63. The molecule has 0 radical (unpaired) electrons. The van der Waals surface area contributed by atoms with Crippen LogP contribution in [0.2, 0.25) is 0 Å². The fourth-order valence-electron chi connectivity index (χ4n) is 3.12. The summed E-state index contributed by atoms with van der Waals surface area (Å²) < 4.78 is 43.7. The topological polar surface area (TPSA) is 66.8 Å². The van der Waals surface area contributed by atoms with E-state index < -0.39 is 23.8 Å². The Labute approximate surface area is 159 Å². The lowest BCUT2D eigenvalue weighted by Gasteiger charge is -2.33. The SMILES string of the molecule is O=C(O)c1ccccc1CC(=O)N1CCOC(c2ccc(C(F)(F)F)cc2)C1. The molecular weight excluding hydrogens is 375 g/mol. The molecule has 148 valence electrons. The number of aromatic carboxylic acids is 1. The molecule has 1 fully saturated rings. The Morgan fingerprint density at radius 1 is 1.11 bits per heavy atom. The van der Waals surface area contributed by atoms with Gasteiger partial charge in [-0.3, -0.25) is 4.79 Å². The Balaban J connectivity index is 1.69. The van der Waals surface area contributed by atoms with Gasteiger partial charge in [-0.25, -0.2) is 4.79 Å². The van der Waals surface area contributed by atoms with Crippen molar-refractivity contribution < 1.29 is 32.6 Å². The number of halogens is 3. The van der Waals surface area contributed by atoms with Crippen LogP contribution in [0, 0.1) is 0 Å². The number of benzene rings is 2. The maximum absolute atomic E-state index is 12.7. The van der Waals surface area contributed by atoms with Gasteiger partial charge in [0.1, 0.15) is 6.10 Å². The van der Waals surface area contributed by atoms with Crippen LogP contribution in [0.5, 0.6) is 0 Å². The number of hydrogen-bond acceptors (Lipinski definition) is 3. The maximum Gasteiger partial charge on any atom is 0.416 e. The van der Waals surface area contributed by atoms with Gasteiger partial charge in [0, 0.05) is 6.54 Å². The fourth-order valence-corrected chi connectivity index (χ4v) is 3.12. The zero-order chi connectivity index (χ0) is 20.3. The Morgan fingerprint density at radius 2 is 1.79 bits per heavy atom. The van der Waals surface area contributed by atoms with Gasteiger partial charge >= 0.3 is 12.1 Å². The Kier molecular flexibility index (Phi) is 5.69. The quantitative estimate of drug-likeness (QED) is 0.863. The highest BCUT2D eigenvalue weighted by Crippen LogP contribution is 2.31. The van der Waals surface area contributed by atoms with E-state index in [-0.39, 0.29) is 31.0 Å². The Morgan fingerprint density at radius 3 is 2.43 bits per heavy atom. The van der Waals surface area contributed by atoms with E-state index in [1.54, 1.807) is 23.1 Å². The zero-order valence-electron chi connectivity index (χ0n) is 14.8. The van der Waals surface area contributed by atoms with Gasteiger partial charge in [-0.2, -0.15) is 13.2 Å². The normalized spacial score (nSPS) is 17.4. The molecule has 28 heavy (non-hydrogen) atoms. The van der Waals surface area contributed by atoms with Gasteiger partial charge in [-0.15, -0.1) is 0 Å². The first-order chi connectivity index (χ1) is 13.3. The number of carboxylic acids is 1. The van der Waals surface area contributed by atoms with Gasteiger partial charge in [-0.1, -0.05) is 30.3 Å². The molecule has 0 spiro atoms. The first-order valence-corrected chi connectivity index (χ1v) is 8.63. The minimum absolute atomic E-state index is 0.0673. The van der Waals surface area contributed by atoms with Crippen molar-refractivity contribution in [1.29, 1.82) is 0 Å². The highest BCUT2D eigenvalue weighted by molar-refractivity contribution is 5.91. The highest BCUT2D eigenvalue weighted by atomic mass is 19.4. The van der Waals surface area contributed by atoms with Crippen molar-refractivity contribution in [3.8, 4) is 0 Å². The van der Waals surface area contributed by atoms with E-state index in [4.69, 9.17) is 4.74 Å². The number of rotatable bonds is 4. The molecule has 0 saturated carbocycles. The summed E-state index contributed by atoms with van der Waals surface area (Å²) >= 11 is 0. The third kappa shape index (κ3) is 4.51. The summed E-state index contributed by atoms with van der Waals surface area (Å²) in [5.41, 5.74) is 0.294. The summed E-state index contributed by atoms with van der Waals surface area (Å²) in [5, 5.41) is 9.23. The molecule has 2 aromatic rings. The second-order valence-corrected chi connectivity index (χ2v) is 6.46. The van der Waals surface area contributed by atoms with Gasteiger partial charge in [0.25, 0.3) is 0 Å². The molecule has 1 aliphatic rings. The molecule has 0 aliphatic carbocycles. The van der Waals surface area contributed by atoms with E-state index in [2.05, 4.69) is 0 Å². The first kappa shape index (κ1) is 19.9. The van der Waals surface area contributed by atoms with Gasteiger partial charge in [0.2, 0.25) is 5.91 Å². The van der Waals surface area contributed by atoms with Crippen molar-refractivity contribution in [1.82, 2.24) is 4.90 Å². The van der Waals surface area contributed by atoms with Crippen molar-refractivity contribution in [2.45, 2.75) is 18.7 Å². The van der Waals surface area contributed by atoms with E-state index in [0.717, 1.165) is 12.1 Å². The fraction of sp³-hybridized carbons (Fsp3) is 0.300. The molecule has 1 aliphatic heterocycles. The number of carbonyl (C=O) groups is 2. The largest absolute Gasteiger partial charge is 0.478 e. The number of hydrogen-bond donors (Lipinski definition) is 1. The number of alkyl halides is 3. The van der Waals surface area contributed by atoms with E-state index in [0.29, 0.717) is 17.7 Å². The third-order valence-corrected chi connectivity index (χ3v) is 4.62. The van der Waals surface area contributed by atoms with Crippen LogP contribution in [0.1, 0.15) is 33.2 Å². The maximum atomic E-state index is 12.7. The van der Waals surface area contributed by atoms with Crippen LogP contribution in [-0.2, 0) is 22.1 Å². The number of morpholine rings is 1. The standard InChI is InChI=1S/C20H18F3NO4/c21-20(22,23)15-7-5-13(6-8-15)17-12-24(9-10-28-17)18(25)11-14-3-1-2-4-16(14)19(26)27/h1-8,17H,9-12H2,(H,26,27). The lowest BCUT2D eigenvalue weighted by molar-refractivity contribution is -0.138. The van der Waals surface area contributed by atoms with Crippen LogP contribution in [0.3, 0.4) is 0 Å². The van der Waals surface area contributed by atoms with Crippen LogP contribution in [-0.4, -0.2) is 41.6 Å². The minimum atomic E-state index is -4.41. The van der Waals surface area contributed by atoms with Crippen LogP contribution in [0.4, 0.5) is 13.2 Å². The molecule has 1 heterocycles. The molecule has 1 amide bonds. The van der Waals surface area contributed by atoms with Gasteiger partial charge < -0.3 is 14.7 Å². The average molecular weight is 393 g/mol. The lowest BCUT2D eigenvalue weighted by atomic mass is 10.0. The molecule has 5 nitrogen and oxygen atoms in total. The van der Waals surface area contributed by atoms with Crippen LogP contribution >= 0.6 is 0 Å². The number of ether oxygens (including phenoxy) is 1. The second-order valence-electron chi connectivity index (χ2n) is 6.46. The predicted octanol–water partition coefficient (Wildman–Crippen LogP) is 3.55. The molecular formula is C20H18F3NO4. The molecule has 2 aromatic carbocycles. The van der Waals surface area contributed by atoms with Crippen LogP contribution < -0.4 is 0 Å². The molecule has 1 N–H and O–H groups in total. The molecule has 1 saturated heterocycles. The summed E-state index contributed by atoms with van der Waals surface area (Å²) in [6.45, 7) is 0.780. The molecule has 3 rings (SSSR count). The summed E-state index contributed by atoms with van der Waals surface area (Å²) in [7, 11) is 0. The number of carbonyl (C=O) groups excluding carboxylic acids is 1. The van der Waals surface area contributed by atoms with E-state index in [9.17, 15) is 27.9 Å². The summed E-state index contributed by atoms with van der Waals surface area (Å²) in [6, 6.07) is 11.0. The second kappa shape index (κ2) is 8.02. The lowest BCUT2D eigenvalue weighted by Crippen LogP contribution is -2.43. The Hall–Kier alpha value is -2.87. The summed E-state index contributed by atoms with van der Waals surface area (Å²) in [4.78, 5) is 25.5. The molecule has 1 atom stereocenters. The van der Waals surface area contributed by atoms with Gasteiger partial charge in [-0.05, 0) is 29.3 Å². The van der Waals surface area contributed by atoms with E-state index in [1.165, 1.54) is 18.2 Å². The number of carboxylic acid groups (broad SMARTS) is 1. The van der Waals surface area contributed by atoms with Crippen molar-refractivity contribution in [3.63, 3.8) is 0 Å². The predicted molar refractivity (Wildman–Crippen MR) is 93.8 cm³/mol. The van der Waals surface area contributed by atoms with Gasteiger partial charge in [0.05, 0.1) is 30.7 Å². The summed E-state index contributed by atoms with van der Waals surface area (Å²) in [6.07, 6.45) is -5.01. The van der Waals surface area contributed by atoms with E-state index in [1.807, 2.05) is 0 Å². The van der Waals surface area contributed by atoms with E-state index >= 15 is 0 Å². The van der Waals surface area contributed by atoms with Crippen molar-refractivity contribution >= 4 is 11.9 Å². The molecule has 8 heteroatoms. The number of amides is 1. The summed E-state index contributed by atoms with van der Waals surface area (Å²) in [5.74, 6) is -1.36. The van der Waals surface area contributed by atoms with Crippen molar-refractivity contribution in [3.05, 3.63) is 70.8 Å². The zero-order valence-corrected chi connectivity index (χ0v) is 14.8. The minimum Gasteiger partial charge on any atom is -0.478 e.